The van der Waals surface area contributed by atoms with Crippen LogP contribution in [-0.4, -0.2) is 66.0 Å². The minimum Gasteiger partial charge on any atom is -0.465 e. The van der Waals surface area contributed by atoms with E-state index in [1.807, 2.05) is 0 Å². The van der Waals surface area contributed by atoms with Crippen LogP contribution in [0, 0.1) is 0 Å². The van der Waals surface area contributed by atoms with E-state index in [4.69, 9.17) is 4.74 Å². The number of nitrogens with zero attached hydrogens (tertiary/aromatic N) is 4. The molecule has 0 unspecified atom stereocenters. The Labute approximate surface area is 192 Å². The SMILES string of the molecule is COC(=O)c1c(S(=O)(=O)N2CCCCCCC2)sc2c1CCN(C(=O)c1ccnn1C)C2. The Morgan fingerprint density at radius 2 is 1.78 bits per heavy atom. The molecule has 2 aromatic heterocycles. The summed E-state index contributed by atoms with van der Waals surface area (Å²) in [7, 11) is -0.866. The molecule has 9 nitrogen and oxygen atoms in total. The van der Waals surface area contributed by atoms with Crippen molar-refractivity contribution in [2.24, 2.45) is 7.05 Å². The van der Waals surface area contributed by atoms with Crippen LogP contribution in [-0.2, 0) is 34.8 Å². The molecule has 2 aromatic rings. The van der Waals surface area contributed by atoms with Gasteiger partial charge in [-0.1, -0.05) is 19.3 Å². The van der Waals surface area contributed by atoms with Crippen molar-refractivity contribution in [1.29, 1.82) is 0 Å². The van der Waals surface area contributed by atoms with Crippen LogP contribution in [0.4, 0.5) is 0 Å². The Balaban J connectivity index is 1.69. The summed E-state index contributed by atoms with van der Waals surface area (Å²) in [6, 6.07) is 1.66. The van der Waals surface area contributed by atoms with E-state index in [-0.39, 0.29) is 22.2 Å². The summed E-state index contributed by atoms with van der Waals surface area (Å²) in [5.41, 5.74) is 1.29. The van der Waals surface area contributed by atoms with Crippen LogP contribution in [0.3, 0.4) is 0 Å². The molecule has 0 bridgehead atoms. The van der Waals surface area contributed by atoms with Crippen LogP contribution in [0.1, 0.15) is 63.4 Å². The number of methoxy groups -OCH3 is 1. The van der Waals surface area contributed by atoms with Crippen LogP contribution >= 0.6 is 11.3 Å². The lowest BCUT2D eigenvalue weighted by Crippen LogP contribution is -2.36. The summed E-state index contributed by atoms with van der Waals surface area (Å²) in [5, 5.41) is 4.05. The number of carbonyl (C=O) groups is 2. The number of esters is 1. The van der Waals surface area contributed by atoms with E-state index in [9.17, 15) is 18.0 Å². The molecule has 0 spiro atoms. The van der Waals surface area contributed by atoms with Crippen LogP contribution in [0.5, 0.6) is 0 Å². The molecule has 4 heterocycles. The fraction of sp³-hybridized carbons (Fsp3) is 0.571. The van der Waals surface area contributed by atoms with Gasteiger partial charge in [0.05, 0.1) is 19.2 Å². The zero-order valence-corrected chi connectivity index (χ0v) is 20.0. The van der Waals surface area contributed by atoms with E-state index in [2.05, 4.69) is 5.10 Å². The smallest absolute Gasteiger partial charge is 0.340 e. The monoisotopic (exact) mass is 480 g/mol. The van der Waals surface area contributed by atoms with E-state index >= 15 is 0 Å². The van der Waals surface area contributed by atoms with Gasteiger partial charge in [-0.15, -0.1) is 11.3 Å². The van der Waals surface area contributed by atoms with Gasteiger partial charge in [-0.05, 0) is 30.9 Å². The number of amides is 1. The molecule has 0 radical (unpaired) electrons. The molecule has 0 saturated carbocycles. The second kappa shape index (κ2) is 9.32. The van der Waals surface area contributed by atoms with Gasteiger partial charge in [-0.2, -0.15) is 9.40 Å². The number of hydrogen-bond acceptors (Lipinski definition) is 7. The molecular weight excluding hydrogens is 452 g/mol. The maximum Gasteiger partial charge on any atom is 0.340 e. The molecule has 174 valence electrons. The van der Waals surface area contributed by atoms with Gasteiger partial charge < -0.3 is 9.64 Å². The highest BCUT2D eigenvalue weighted by atomic mass is 32.2. The number of carbonyl (C=O) groups excluding carboxylic acids is 2. The average molecular weight is 481 g/mol. The van der Waals surface area contributed by atoms with E-state index < -0.39 is 16.0 Å². The van der Waals surface area contributed by atoms with Gasteiger partial charge in [0.1, 0.15) is 9.90 Å². The minimum atomic E-state index is -3.84. The molecule has 2 aliphatic rings. The van der Waals surface area contributed by atoms with Crippen molar-refractivity contribution in [2.45, 2.75) is 49.3 Å². The number of sulfonamides is 1. The lowest BCUT2D eigenvalue weighted by molar-refractivity contribution is 0.0595. The number of aryl methyl sites for hydroxylation is 1. The number of aromatic nitrogens is 2. The lowest BCUT2D eigenvalue weighted by atomic mass is 10.0. The molecule has 11 heteroatoms. The van der Waals surface area contributed by atoms with E-state index in [1.165, 1.54) is 16.1 Å². The molecule has 0 N–H and O–H groups in total. The summed E-state index contributed by atoms with van der Waals surface area (Å²) in [6.07, 6.45) is 6.71. The first-order chi connectivity index (χ1) is 15.3. The van der Waals surface area contributed by atoms with Gasteiger partial charge in [-0.25, -0.2) is 13.2 Å². The number of fused-ring (bicyclic) bond motifs is 1. The zero-order chi connectivity index (χ0) is 22.9. The molecule has 0 aliphatic carbocycles. The molecule has 0 atom stereocenters. The van der Waals surface area contributed by atoms with E-state index in [0.717, 1.165) is 48.3 Å². The maximum absolute atomic E-state index is 13.6. The fourth-order valence-electron chi connectivity index (χ4n) is 4.36. The Morgan fingerprint density at radius 1 is 1.09 bits per heavy atom. The first-order valence-electron chi connectivity index (χ1n) is 10.8. The van der Waals surface area contributed by atoms with Crippen LogP contribution < -0.4 is 0 Å². The third kappa shape index (κ3) is 4.20. The van der Waals surface area contributed by atoms with Gasteiger partial charge in [0.25, 0.3) is 15.9 Å². The van der Waals surface area contributed by atoms with Gasteiger partial charge in [0.15, 0.2) is 0 Å². The molecular formula is C21H28N4O5S2. The molecule has 1 saturated heterocycles. The summed E-state index contributed by atoms with van der Waals surface area (Å²) in [4.78, 5) is 28.0. The lowest BCUT2D eigenvalue weighted by Gasteiger charge is -2.27. The summed E-state index contributed by atoms with van der Waals surface area (Å²) >= 11 is 1.09. The fourth-order valence-corrected chi connectivity index (χ4v) is 7.92. The number of thiophene rings is 1. The molecule has 2 aliphatic heterocycles. The summed E-state index contributed by atoms with van der Waals surface area (Å²) in [5.74, 6) is -0.809. The largest absolute Gasteiger partial charge is 0.465 e. The van der Waals surface area contributed by atoms with Crippen molar-refractivity contribution in [3.63, 3.8) is 0 Å². The minimum absolute atomic E-state index is 0.0461. The Bertz CT molecular complexity index is 1110. The second-order valence-electron chi connectivity index (χ2n) is 8.15. The Morgan fingerprint density at radius 3 is 2.41 bits per heavy atom. The molecule has 4 rings (SSSR count). The molecule has 32 heavy (non-hydrogen) atoms. The molecule has 1 amide bonds. The Kier molecular flexibility index (Phi) is 6.68. The normalized spacial score (nSPS) is 18.0. The van der Waals surface area contributed by atoms with Gasteiger partial charge >= 0.3 is 5.97 Å². The van der Waals surface area contributed by atoms with Crippen LogP contribution in [0.2, 0.25) is 0 Å². The number of rotatable bonds is 4. The number of hydrogen-bond donors (Lipinski definition) is 0. The van der Waals surface area contributed by atoms with Crippen LogP contribution in [0.25, 0.3) is 0 Å². The van der Waals surface area contributed by atoms with Crippen molar-refractivity contribution < 1.29 is 22.7 Å². The summed E-state index contributed by atoms with van der Waals surface area (Å²) in [6.45, 7) is 1.55. The topological polar surface area (TPSA) is 102 Å². The van der Waals surface area contributed by atoms with Crippen molar-refractivity contribution >= 4 is 33.2 Å². The highest BCUT2D eigenvalue weighted by Gasteiger charge is 2.37. The van der Waals surface area contributed by atoms with Crippen LogP contribution in [0.15, 0.2) is 16.5 Å². The van der Waals surface area contributed by atoms with Crippen molar-refractivity contribution in [3.05, 3.63) is 34.0 Å². The van der Waals surface area contributed by atoms with E-state index in [0.29, 0.717) is 37.3 Å². The molecule has 0 aromatic carbocycles. The maximum atomic E-state index is 13.6. The standard InChI is InChI=1S/C21H28N4O5S2/c1-23-16(8-10-22-23)19(26)24-13-9-15-17(14-24)31-21(18(15)20(27)30-2)32(28,29)25-11-6-4-3-5-7-12-25/h8,10H,3-7,9,11-14H2,1-2H3. The Hall–Kier alpha value is -2.24. The van der Waals surface area contributed by atoms with Crippen molar-refractivity contribution in [3.8, 4) is 0 Å². The third-order valence-electron chi connectivity index (χ3n) is 6.13. The van der Waals surface area contributed by atoms with Gasteiger partial charge in [0, 0.05) is 37.8 Å². The predicted octanol–water partition coefficient (Wildman–Crippen LogP) is 2.42. The first kappa shape index (κ1) is 22.9. The average Bonchev–Trinajstić information content (AvgIpc) is 3.35. The second-order valence-corrected chi connectivity index (χ2v) is 11.4. The highest BCUT2D eigenvalue weighted by molar-refractivity contribution is 7.91. The van der Waals surface area contributed by atoms with E-state index in [1.54, 1.807) is 24.2 Å². The zero-order valence-electron chi connectivity index (χ0n) is 18.4. The molecule has 1 fully saturated rings. The first-order valence-corrected chi connectivity index (χ1v) is 13.1. The third-order valence-corrected chi connectivity index (χ3v) is 9.74. The highest BCUT2D eigenvalue weighted by Crippen LogP contribution is 2.38. The predicted molar refractivity (Wildman–Crippen MR) is 119 cm³/mol. The number of ether oxygens (including phenoxy) is 1. The van der Waals surface area contributed by atoms with Gasteiger partial charge in [-0.3, -0.25) is 9.48 Å². The van der Waals surface area contributed by atoms with Gasteiger partial charge in [0.2, 0.25) is 0 Å². The quantitative estimate of drug-likeness (QED) is 0.623. The van der Waals surface area contributed by atoms with Crippen molar-refractivity contribution in [1.82, 2.24) is 19.0 Å². The van der Waals surface area contributed by atoms with Crippen molar-refractivity contribution in [2.75, 3.05) is 26.7 Å². The summed E-state index contributed by atoms with van der Waals surface area (Å²) < 4.78 is 35.2.